The highest BCUT2D eigenvalue weighted by molar-refractivity contribution is 14.1. The quantitative estimate of drug-likeness (QED) is 0.492. The zero-order chi connectivity index (χ0) is 5.11. The first-order valence-electron chi connectivity index (χ1n) is 2.24. The maximum absolute atomic E-state index is 3.99. The van der Waals surface area contributed by atoms with Gasteiger partial charge >= 0.3 is 0 Å². The summed E-state index contributed by atoms with van der Waals surface area (Å²) in [6, 6.07) is 0.612. The van der Waals surface area contributed by atoms with Crippen molar-refractivity contribution >= 4 is 28.9 Å². The van der Waals surface area contributed by atoms with Crippen LogP contribution in [0.25, 0.3) is 0 Å². The van der Waals surface area contributed by atoms with E-state index >= 15 is 0 Å². The van der Waals surface area contributed by atoms with Crippen LogP contribution in [-0.2, 0) is 0 Å². The molecule has 1 aliphatic rings. The lowest BCUT2D eigenvalue weighted by Gasteiger charge is -2.00. The summed E-state index contributed by atoms with van der Waals surface area (Å²) in [7, 11) is 0. The van der Waals surface area contributed by atoms with Gasteiger partial charge in [0.25, 0.3) is 0 Å². The molecule has 3 heteroatoms. The van der Waals surface area contributed by atoms with Gasteiger partial charge in [-0.1, -0.05) is 22.6 Å². The number of halogens is 1. The first kappa shape index (κ1) is 5.34. The number of alkyl halides is 1. The molecule has 1 rings (SSSR count). The van der Waals surface area contributed by atoms with E-state index in [-0.39, 0.29) is 0 Å². The Morgan fingerprint density at radius 3 is 3.14 bits per heavy atom. The summed E-state index contributed by atoms with van der Waals surface area (Å²) in [5, 5.41) is 3.11. The molecule has 1 N–H and O–H groups in total. The average Bonchev–Trinajstić information content (AvgIpc) is 2.14. The van der Waals surface area contributed by atoms with Crippen molar-refractivity contribution in [2.75, 3.05) is 11.0 Å². The Labute approximate surface area is 56.5 Å². The number of rotatable bonds is 1. The third-order valence-corrected chi connectivity index (χ3v) is 1.98. The van der Waals surface area contributed by atoms with Gasteiger partial charge in [-0.2, -0.15) is 0 Å². The van der Waals surface area contributed by atoms with E-state index in [9.17, 15) is 0 Å². The molecule has 0 amide bonds. The van der Waals surface area contributed by atoms with Crippen LogP contribution in [0.5, 0.6) is 0 Å². The second-order valence-corrected chi connectivity index (χ2v) is 2.39. The van der Waals surface area contributed by atoms with Crippen LogP contribution in [0.4, 0.5) is 0 Å². The van der Waals surface area contributed by atoms with Crippen molar-refractivity contribution in [3.8, 4) is 0 Å². The molecule has 0 aromatic heterocycles. The summed E-state index contributed by atoms with van der Waals surface area (Å²) in [5.74, 6) is 0. The predicted molar refractivity (Wildman–Crippen MR) is 39.2 cm³/mol. The standard InChI is InChI=1S/C4H7IN2/c5-1-4-2-6-3-7-4/h3-4H,1-2H2,(H,6,7). The fraction of sp³-hybridized carbons (Fsp3) is 0.750. The predicted octanol–water partition coefficient (Wildman–Crippen LogP) is 0.422. The van der Waals surface area contributed by atoms with Crippen molar-refractivity contribution < 1.29 is 0 Å². The molecule has 0 aliphatic carbocycles. The Bertz CT molecular complexity index is 73.8. The molecule has 0 saturated heterocycles. The van der Waals surface area contributed by atoms with Gasteiger partial charge < -0.3 is 5.32 Å². The molecular formula is C4H7IN2. The summed E-state index contributed by atoms with van der Waals surface area (Å²) < 4.78 is 1.15. The fourth-order valence-electron chi connectivity index (χ4n) is 0.484. The Morgan fingerprint density at radius 2 is 2.86 bits per heavy atom. The Hall–Kier alpha value is 0.200. The van der Waals surface area contributed by atoms with Gasteiger partial charge in [0.1, 0.15) is 0 Å². The van der Waals surface area contributed by atoms with E-state index in [4.69, 9.17) is 0 Å². The van der Waals surface area contributed by atoms with Crippen LogP contribution in [0.1, 0.15) is 0 Å². The lowest BCUT2D eigenvalue weighted by molar-refractivity contribution is 0.750. The minimum absolute atomic E-state index is 0.612. The van der Waals surface area contributed by atoms with Crippen molar-refractivity contribution in [1.29, 1.82) is 0 Å². The van der Waals surface area contributed by atoms with Gasteiger partial charge in [0.05, 0.1) is 18.9 Å². The molecule has 1 unspecified atom stereocenters. The number of hydrogen-bond acceptors (Lipinski definition) is 2. The van der Waals surface area contributed by atoms with Crippen LogP contribution in [0.15, 0.2) is 4.99 Å². The van der Waals surface area contributed by atoms with E-state index in [0.29, 0.717) is 6.04 Å². The zero-order valence-corrected chi connectivity index (χ0v) is 6.05. The van der Waals surface area contributed by atoms with Crippen molar-refractivity contribution in [2.45, 2.75) is 6.04 Å². The van der Waals surface area contributed by atoms with E-state index in [1.54, 1.807) is 6.34 Å². The third-order valence-electron chi connectivity index (χ3n) is 0.914. The number of hydrogen-bond donors (Lipinski definition) is 1. The topological polar surface area (TPSA) is 24.4 Å². The van der Waals surface area contributed by atoms with Crippen LogP contribution in [0.2, 0.25) is 0 Å². The highest BCUT2D eigenvalue weighted by atomic mass is 127. The summed E-state index contributed by atoms with van der Waals surface area (Å²) in [6.07, 6.45) is 1.78. The minimum Gasteiger partial charge on any atom is -0.371 e. The molecule has 1 aliphatic heterocycles. The zero-order valence-electron chi connectivity index (χ0n) is 3.89. The molecule has 1 atom stereocenters. The SMILES string of the molecule is ICC1CN=CN1. The lowest BCUT2D eigenvalue weighted by Crippen LogP contribution is -2.25. The number of nitrogens with zero attached hydrogens (tertiary/aromatic N) is 1. The minimum atomic E-state index is 0.612. The summed E-state index contributed by atoms with van der Waals surface area (Å²) >= 11 is 2.35. The first-order valence-corrected chi connectivity index (χ1v) is 3.76. The van der Waals surface area contributed by atoms with Crippen LogP contribution in [0, 0.1) is 0 Å². The van der Waals surface area contributed by atoms with Crippen LogP contribution in [-0.4, -0.2) is 23.4 Å². The molecule has 2 nitrogen and oxygen atoms in total. The van der Waals surface area contributed by atoms with Gasteiger partial charge in [-0.3, -0.25) is 4.99 Å². The molecule has 0 bridgehead atoms. The molecule has 0 aromatic carbocycles. The maximum atomic E-state index is 3.99. The number of aliphatic imine (C=N–C) groups is 1. The number of nitrogens with one attached hydrogen (secondary N) is 1. The van der Waals surface area contributed by atoms with Crippen LogP contribution in [0.3, 0.4) is 0 Å². The van der Waals surface area contributed by atoms with Gasteiger partial charge in [0.15, 0.2) is 0 Å². The molecule has 1 heterocycles. The lowest BCUT2D eigenvalue weighted by atomic mass is 10.4. The second-order valence-electron chi connectivity index (χ2n) is 1.51. The molecule has 40 valence electrons. The van der Waals surface area contributed by atoms with Gasteiger partial charge in [0.2, 0.25) is 0 Å². The summed E-state index contributed by atoms with van der Waals surface area (Å²) in [4.78, 5) is 3.99. The molecule has 0 spiro atoms. The summed E-state index contributed by atoms with van der Waals surface area (Å²) in [6.45, 7) is 0.961. The van der Waals surface area contributed by atoms with Gasteiger partial charge in [-0.15, -0.1) is 0 Å². The Kier molecular flexibility index (Phi) is 1.90. The van der Waals surface area contributed by atoms with Crippen LogP contribution >= 0.6 is 22.6 Å². The van der Waals surface area contributed by atoms with Gasteiger partial charge in [0, 0.05) is 4.43 Å². The van der Waals surface area contributed by atoms with Crippen LogP contribution < -0.4 is 5.32 Å². The largest absolute Gasteiger partial charge is 0.371 e. The third kappa shape index (κ3) is 1.29. The van der Waals surface area contributed by atoms with Crippen molar-refractivity contribution in [3.05, 3.63) is 0 Å². The highest BCUT2D eigenvalue weighted by Gasteiger charge is 2.05. The van der Waals surface area contributed by atoms with Gasteiger partial charge in [-0.05, 0) is 0 Å². The Balaban J connectivity index is 2.22. The van der Waals surface area contributed by atoms with Gasteiger partial charge in [-0.25, -0.2) is 0 Å². The van der Waals surface area contributed by atoms with E-state index < -0.39 is 0 Å². The molecule has 0 aromatic rings. The molecule has 7 heavy (non-hydrogen) atoms. The normalized spacial score (nSPS) is 27.9. The van der Waals surface area contributed by atoms with Crippen molar-refractivity contribution in [3.63, 3.8) is 0 Å². The highest BCUT2D eigenvalue weighted by Crippen LogP contribution is 1.94. The average molecular weight is 210 g/mol. The summed E-state index contributed by atoms with van der Waals surface area (Å²) in [5.41, 5.74) is 0. The first-order chi connectivity index (χ1) is 3.43. The second kappa shape index (κ2) is 2.49. The van der Waals surface area contributed by atoms with E-state index in [0.717, 1.165) is 11.0 Å². The maximum Gasteiger partial charge on any atom is 0.0827 e. The molecule has 0 saturated carbocycles. The molecular weight excluding hydrogens is 203 g/mol. The van der Waals surface area contributed by atoms with E-state index in [2.05, 4.69) is 32.9 Å². The fourth-order valence-corrected chi connectivity index (χ4v) is 1.02. The monoisotopic (exact) mass is 210 g/mol. The van der Waals surface area contributed by atoms with E-state index in [1.807, 2.05) is 0 Å². The van der Waals surface area contributed by atoms with Crippen molar-refractivity contribution in [1.82, 2.24) is 5.32 Å². The molecule has 0 fully saturated rings. The molecule has 0 radical (unpaired) electrons. The smallest absolute Gasteiger partial charge is 0.0827 e. The Morgan fingerprint density at radius 1 is 2.00 bits per heavy atom. The van der Waals surface area contributed by atoms with E-state index in [1.165, 1.54) is 0 Å². The van der Waals surface area contributed by atoms with Crippen molar-refractivity contribution in [2.24, 2.45) is 4.99 Å².